The van der Waals surface area contributed by atoms with Crippen LogP contribution >= 0.6 is 11.3 Å². The number of carbonyl (C=O) groups is 2. The molecule has 1 N–H and O–H groups in total. The quantitative estimate of drug-likeness (QED) is 0.769. The average Bonchev–Trinajstić information content (AvgIpc) is 3.46. The monoisotopic (exact) mass is 428 g/mol. The van der Waals surface area contributed by atoms with Crippen molar-refractivity contribution in [1.29, 1.82) is 0 Å². The number of nitrogens with zero attached hydrogens (tertiary/aromatic N) is 1. The first-order chi connectivity index (χ1) is 14.5. The molecule has 4 rings (SSSR count). The Kier molecular flexibility index (Phi) is 6.51. The summed E-state index contributed by atoms with van der Waals surface area (Å²) in [5, 5.41) is 5.36. The molecule has 1 atom stereocenters. The van der Waals surface area contributed by atoms with E-state index in [2.05, 4.69) is 19.2 Å². The van der Waals surface area contributed by atoms with E-state index < -0.39 is 0 Å². The molecule has 2 aliphatic heterocycles. The van der Waals surface area contributed by atoms with Gasteiger partial charge in [0.2, 0.25) is 0 Å². The number of carbonyl (C=O) groups excluding carboxylic acids is 2. The van der Waals surface area contributed by atoms with Gasteiger partial charge in [-0.2, -0.15) is 0 Å². The van der Waals surface area contributed by atoms with Crippen LogP contribution in [0.3, 0.4) is 0 Å². The maximum Gasteiger partial charge on any atom is 0.256 e. The molecule has 2 aliphatic rings. The zero-order chi connectivity index (χ0) is 21.1. The van der Waals surface area contributed by atoms with E-state index in [0.29, 0.717) is 48.3 Å². The van der Waals surface area contributed by atoms with Crippen molar-refractivity contribution in [3.8, 4) is 0 Å². The van der Waals surface area contributed by atoms with E-state index in [-0.39, 0.29) is 24.0 Å². The van der Waals surface area contributed by atoms with E-state index in [9.17, 15) is 9.59 Å². The maximum atomic E-state index is 13.2. The van der Waals surface area contributed by atoms with Gasteiger partial charge in [-0.05, 0) is 47.9 Å². The predicted octanol–water partition coefficient (Wildman–Crippen LogP) is 4.35. The molecule has 6 nitrogen and oxygen atoms in total. The molecule has 2 aromatic rings. The van der Waals surface area contributed by atoms with Crippen LogP contribution in [-0.4, -0.2) is 49.3 Å². The summed E-state index contributed by atoms with van der Waals surface area (Å²) in [5.41, 5.74) is 2.31. The summed E-state index contributed by atoms with van der Waals surface area (Å²) >= 11 is 1.37. The van der Waals surface area contributed by atoms with Gasteiger partial charge in [-0.15, -0.1) is 11.3 Å². The summed E-state index contributed by atoms with van der Waals surface area (Å²) in [5.74, 6) is 0.355. The third-order valence-electron chi connectivity index (χ3n) is 5.74. The van der Waals surface area contributed by atoms with Gasteiger partial charge >= 0.3 is 0 Å². The molecule has 0 aliphatic carbocycles. The lowest BCUT2D eigenvalue weighted by Gasteiger charge is -2.34. The Morgan fingerprint density at radius 2 is 1.87 bits per heavy atom. The summed E-state index contributed by atoms with van der Waals surface area (Å²) in [7, 11) is 0. The minimum atomic E-state index is -0.212. The number of thiophene rings is 1. The first-order valence-corrected chi connectivity index (χ1v) is 11.4. The Labute approximate surface area is 181 Å². The SMILES string of the molecule is CC(C)c1ccc(C(=O)Nc2sccc2C(=O)N2CCCC(C3OCCO3)C2)cc1. The number of hydrogen-bond donors (Lipinski definition) is 1. The van der Waals surface area contributed by atoms with Crippen LogP contribution < -0.4 is 5.32 Å². The number of rotatable bonds is 5. The lowest BCUT2D eigenvalue weighted by molar-refractivity contribution is -0.0969. The number of ether oxygens (including phenoxy) is 2. The van der Waals surface area contributed by atoms with Crippen LogP contribution in [0.15, 0.2) is 35.7 Å². The number of amides is 2. The van der Waals surface area contributed by atoms with Crippen LogP contribution in [-0.2, 0) is 9.47 Å². The standard InChI is InChI=1S/C23H28N2O4S/c1-15(2)16-5-7-17(8-6-16)20(26)24-21-19(9-13-30-21)22(27)25-10-3-4-18(14-25)23-28-11-12-29-23/h5-9,13,15,18,23H,3-4,10-12,14H2,1-2H3,(H,24,26). The molecule has 0 spiro atoms. The number of benzene rings is 1. The largest absolute Gasteiger partial charge is 0.350 e. The fourth-order valence-electron chi connectivity index (χ4n) is 4.00. The van der Waals surface area contributed by atoms with Crippen molar-refractivity contribution in [3.05, 3.63) is 52.4 Å². The van der Waals surface area contributed by atoms with Crippen molar-refractivity contribution in [2.24, 2.45) is 5.92 Å². The summed E-state index contributed by atoms with van der Waals surface area (Å²) < 4.78 is 11.3. The first kappa shape index (κ1) is 21.0. The highest BCUT2D eigenvalue weighted by atomic mass is 32.1. The van der Waals surface area contributed by atoms with E-state index in [4.69, 9.17) is 9.47 Å². The fraction of sp³-hybridized carbons (Fsp3) is 0.478. The van der Waals surface area contributed by atoms with E-state index >= 15 is 0 Å². The lowest BCUT2D eigenvalue weighted by atomic mass is 9.97. The normalized spacial score (nSPS) is 20.0. The Morgan fingerprint density at radius 1 is 1.13 bits per heavy atom. The second-order valence-electron chi connectivity index (χ2n) is 8.16. The molecule has 7 heteroatoms. The minimum Gasteiger partial charge on any atom is -0.350 e. The summed E-state index contributed by atoms with van der Waals surface area (Å²) in [6.07, 6.45) is 1.71. The molecule has 1 unspecified atom stereocenters. The van der Waals surface area contributed by atoms with Crippen molar-refractivity contribution in [3.63, 3.8) is 0 Å². The topological polar surface area (TPSA) is 67.9 Å². The number of nitrogens with one attached hydrogen (secondary N) is 1. The van der Waals surface area contributed by atoms with Crippen LogP contribution in [0, 0.1) is 5.92 Å². The Morgan fingerprint density at radius 3 is 2.57 bits per heavy atom. The molecule has 2 fully saturated rings. The third-order valence-corrected chi connectivity index (χ3v) is 6.57. The number of likely N-dealkylation sites (tertiary alicyclic amines) is 1. The van der Waals surface area contributed by atoms with Gasteiger partial charge in [-0.1, -0.05) is 26.0 Å². The van der Waals surface area contributed by atoms with Gasteiger partial charge in [0.15, 0.2) is 6.29 Å². The molecular formula is C23H28N2O4S. The minimum absolute atomic E-state index is 0.0515. The molecule has 0 bridgehead atoms. The fourth-order valence-corrected chi connectivity index (χ4v) is 4.78. The number of hydrogen-bond acceptors (Lipinski definition) is 5. The van der Waals surface area contributed by atoms with Crippen LogP contribution in [0.4, 0.5) is 5.00 Å². The summed E-state index contributed by atoms with van der Waals surface area (Å²) in [4.78, 5) is 27.7. The van der Waals surface area contributed by atoms with Gasteiger partial charge in [-0.25, -0.2) is 0 Å². The van der Waals surface area contributed by atoms with Crippen molar-refractivity contribution < 1.29 is 19.1 Å². The Balaban J connectivity index is 1.43. The molecular weight excluding hydrogens is 400 g/mol. The van der Waals surface area contributed by atoms with Gasteiger partial charge in [0.05, 0.1) is 18.8 Å². The highest BCUT2D eigenvalue weighted by Crippen LogP contribution is 2.30. The zero-order valence-corrected chi connectivity index (χ0v) is 18.2. The van der Waals surface area contributed by atoms with Gasteiger partial charge < -0.3 is 19.7 Å². The Bertz CT molecular complexity index is 887. The third kappa shape index (κ3) is 4.58. The van der Waals surface area contributed by atoms with Crippen molar-refractivity contribution in [2.75, 3.05) is 31.6 Å². The molecule has 0 saturated carbocycles. The van der Waals surface area contributed by atoms with Crippen LogP contribution in [0.1, 0.15) is 58.9 Å². The van der Waals surface area contributed by atoms with Crippen molar-refractivity contribution in [2.45, 2.75) is 38.9 Å². The van der Waals surface area contributed by atoms with Crippen LogP contribution in [0.2, 0.25) is 0 Å². The molecule has 3 heterocycles. The zero-order valence-electron chi connectivity index (χ0n) is 17.4. The van der Waals surface area contributed by atoms with E-state index in [1.165, 1.54) is 16.9 Å². The molecule has 160 valence electrons. The van der Waals surface area contributed by atoms with E-state index in [1.54, 1.807) is 6.07 Å². The first-order valence-electron chi connectivity index (χ1n) is 10.5. The molecule has 0 radical (unpaired) electrons. The average molecular weight is 429 g/mol. The smallest absolute Gasteiger partial charge is 0.256 e. The Hall–Kier alpha value is -2.22. The van der Waals surface area contributed by atoms with Crippen molar-refractivity contribution in [1.82, 2.24) is 4.90 Å². The highest BCUT2D eigenvalue weighted by molar-refractivity contribution is 7.14. The molecule has 1 aromatic heterocycles. The molecule has 2 saturated heterocycles. The number of anilines is 1. The maximum absolute atomic E-state index is 13.2. The van der Waals surface area contributed by atoms with Gasteiger partial charge in [-0.3, -0.25) is 9.59 Å². The van der Waals surface area contributed by atoms with E-state index in [0.717, 1.165) is 12.8 Å². The second-order valence-corrected chi connectivity index (χ2v) is 9.07. The molecule has 2 amide bonds. The van der Waals surface area contributed by atoms with Crippen LogP contribution in [0.5, 0.6) is 0 Å². The van der Waals surface area contributed by atoms with E-state index in [1.807, 2.05) is 34.5 Å². The summed E-state index contributed by atoms with van der Waals surface area (Å²) in [6.45, 7) is 6.80. The lowest BCUT2D eigenvalue weighted by Crippen LogP contribution is -2.43. The van der Waals surface area contributed by atoms with Crippen molar-refractivity contribution >= 4 is 28.2 Å². The predicted molar refractivity (Wildman–Crippen MR) is 117 cm³/mol. The molecule has 30 heavy (non-hydrogen) atoms. The van der Waals surface area contributed by atoms with Gasteiger partial charge in [0, 0.05) is 24.6 Å². The highest BCUT2D eigenvalue weighted by Gasteiger charge is 2.33. The second kappa shape index (κ2) is 9.29. The van der Waals surface area contributed by atoms with Gasteiger partial charge in [0.1, 0.15) is 5.00 Å². The molecule has 1 aromatic carbocycles. The number of piperidine rings is 1. The van der Waals surface area contributed by atoms with Crippen LogP contribution in [0.25, 0.3) is 0 Å². The summed E-state index contributed by atoms with van der Waals surface area (Å²) in [6, 6.07) is 9.39. The van der Waals surface area contributed by atoms with Gasteiger partial charge in [0.25, 0.3) is 11.8 Å².